The van der Waals surface area contributed by atoms with Crippen LogP contribution in [0.5, 0.6) is 0 Å². The van der Waals surface area contributed by atoms with Gasteiger partial charge in [-0.3, -0.25) is 28.5 Å². The molecule has 4 fully saturated rings. The predicted molar refractivity (Wildman–Crippen MR) is 293 cm³/mol. The Hall–Kier alpha value is -4.99. The Labute approximate surface area is 453 Å². The van der Waals surface area contributed by atoms with Gasteiger partial charge in [0.1, 0.15) is 54.9 Å². The largest absolute Gasteiger partial charge is 0.387 e. The molecule has 2 aromatic carbocycles. The molecule has 0 spiro atoms. The summed E-state index contributed by atoms with van der Waals surface area (Å²) in [5.41, 5.74) is -0.302. The summed E-state index contributed by atoms with van der Waals surface area (Å²) in [5.74, 6) is -0.468. The molecule has 0 radical (unpaired) electrons. The zero-order chi connectivity index (χ0) is 55.4. The lowest BCUT2D eigenvalue weighted by Crippen LogP contribution is -2.46. The van der Waals surface area contributed by atoms with Crippen LogP contribution in [-0.4, -0.2) is 199 Å². The quantitative estimate of drug-likeness (QED) is 0.0644. The maximum absolute atomic E-state index is 13.3. The van der Waals surface area contributed by atoms with Crippen LogP contribution in [0.25, 0.3) is 4.85 Å². The second kappa shape index (κ2) is 31.0. The summed E-state index contributed by atoms with van der Waals surface area (Å²) >= 11 is 0. The Kier molecular flexibility index (Phi) is 24.6. The molecule has 2 aromatic heterocycles. The van der Waals surface area contributed by atoms with E-state index < -0.39 is 69.0 Å². The van der Waals surface area contributed by atoms with Crippen LogP contribution in [0.15, 0.2) is 94.8 Å². The number of methoxy groups -OCH3 is 2. The highest BCUT2D eigenvalue weighted by molar-refractivity contribution is 7.44. The maximum Gasteiger partial charge on any atom is 0.351 e. The van der Waals surface area contributed by atoms with Crippen LogP contribution in [-0.2, 0) is 37.5 Å². The van der Waals surface area contributed by atoms with E-state index in [1.807, 2.05) is 18.8 Å². The lowest BCUT2D eigenvalue weighted by molar-refractivity contribution is -0.0641. The minimum absolute atomic E-state index is 0.108. The van der Waals surface area contributed by atoms with Gasteiger partial charge in [0, 0.05) is 89.1 Å². The van der Waals surface area contributed by atoms with Gasteiger partial charge in [-0.2, -0.15) is 9.97 Å². The summed E-state index contributed by atoms with van der Waals surface area (Å²) in [6, 6.07) is 20.6. The first-order chi connectivity index (χ1) is 37.3. The molecule has 10 atom stereocenters. The summed E-state index contributed by atoms with van der Waals surface area (Å²) in [7, 11) is 3.84. The molecule has 420 valence electrons. The van der Waals surface area contributed by atoms with Crippen molar-refractivity contribution < 1.29 is 52.2 Å². The van der Waals surface area contributed by atoms with Crippen LogP contribution in [0.2, 0.25) is 0 Å². The number of aliphatic hydroxyl groups is 1. The van der Waals surface area contributed by atoms with Crippen molar-refractivity contribution in [1.82, 2.24) is 33.6 Å². The summed E-state index contributed by atoms with van der Waals surface area (Å²) in [6.45, 7) is 24.4. The molecule has 4 aromatic rings. The molecule has 4 saturated heterocycles. The molecule has 8 rings (SSSR count). The first-order valence-corrected chi connectivity index (χ1v) is 27.9. The number of aliphatic hydroxyl groups excluding tert-OH is 1. The van der Waals surface area contributed by atoms with E-state index in [0.717, 1.165) is 26.2 Å². The van der Waals surface area contributed by atoms with Crippen molar-refractivity contribution in [3.05, 3.63) is 129 Å². The van der Waals surface area contributed by atoms with Crippen molar-refractivity contribution in [2.24, 2.45) is 0 Å². The zero-order valence-corrected chi connectivity index (χ0v) is 46.8. The van der Waals surface area contributed by atoms with E-state index in [0.29, 0.717) is 50.6 Å². The Morgan fingerprint density at radius 2 is 1.17 bits per heavy atom. The molecule has 3 N–H and O–H groups in total. The third kappa shape index (κ3) is 16.8. The molecule has 4 aliphatic heterocycles. The fourth-order valence-corrected chi connectivity index (χ4v) is 10.9. The highest BCUT2D eigenvalue weighted by Crippen LogP contribution is 2.50. The van der Waals surface area contributed by atoms with Crippen molar-refractivity contribution in [2.45, 2.75) is 88.9 Å². The average molecular weight is 1110 g/mol. The van der Waals surface area contributed by atoms with Crippen LogP contribution in [0.4, 0.5) is 11.6 Å². The number of carbonyl (C=O) groups excluding carboxylic acids is 2. The summed E-state index contributed by atoms with van der Waals surface area (Å²) < 4.78 is 52.7. The summed E-state index contributed by atoms with van der Waals surface area (Å²) in [4.78, 5) is 66.8. The third-order valence-electron chi connectivity index (χ3n) is 12.9. The average Bonchev–Trinajstić information content (AvgIpc) is 3.97. The SMILES string of the molecule is CO[C@H]1C(O)[C@@H](CN2CCOCC2)O[C@H]1n1ccc(NC(=O)c2ccccc2)nc1=O.CP.[C-]#[N+]CCOP(OC1[C@@H](CN2CCOCC2)O[C@@H](n2ccc(NC(=O)c3ccccc3)nc2=O)[C@H]1OC)N(C(C)C)C(C)C. The Morgan fingerprint density at radius 1 is 0.727 bits per heavy atom. The molecule has 0 bridgehead atoms. The first-order valence-electron chi connectivity index (χ1n) is 25.6. The standard InChI is InChI=1S/C30H43N6O7P.C21H26N4O6.CH5P/c1-21(2)36(22(3)4)44(41-17-13-31-5)43-26-24(20-34-15-18-40-19-16-34)42-29(27(26)39-6)35-14-12-25(33-30(35)38)32-28(37)23-10-8-7-9-11-23;1-29-18-17(26)15(13-24-9-11-30-12-10-24)31-20(18)25-8-7-16(23-21(25)28)22-19(27)14-5-3-2-4-6-14;1-2/h7-12,14,21-22,24,26-27,29H,13,15-20H2,1-4,6H3,(H,32,33,37,38);2-8,15,17-18,20,26H,9-13H2,1H3,(H,22,23,27,28);2H2,1H3/t24-,26?,27+,29-,44?;15-,17?,18+,20-;/m11./s1. The van der Waals surface area contributed by atoms with Gasteiger partial charge in [0.15, 0.2) is 12.5 Å². The lowest BCUT2D eigenvalue weighted by Gasteiger charge is -2.38. The van der Waals surface area contributed by atoms with E-state index in [4.69, 9.17) is 44.0 Å². The topological polar surface area (TPSA) is 236 Å². The number of morpholine rings is 2. The van der Waals surface area contributed by atoms with Crippen molar-refractivity contribution >= 4 is 41.2 Å². The van der Waals surface area contributed by atoms with E-state index in [2.05, 4.69) is 76.9 Å². The third-order valence-corrected chi connectivity index (χ3v) is 15.0. The van der Waals surface area contributed by atoms with Gasteiger partial charge in [-0.1, -0.05) is 43.1 Å². The van der Waals surface area contributed by atoms with E-state index in [1.54, 1.807) is 67.9 Å². The van der Waals surface area contributed by atoms with Crippen LogP contribution in [0.1, 0.15) is 60.9 Å². The number of aromatic nitrogens is 4. The van der Waals surface area contributed by atoms with Crippen LogP contribution in [0.3, 0.4) is 0 Å². The molecule has 4 unspecified atom stereocenters. The normalized spacial score (nSPS) is 24.1. The summed E-state index contributed by atoms with van der Waals surface area (Å²) in [6.07, 6.45) is -2.54. The van der Waals surface area contributed by atoms with Gasteiger partial charge in [0.2, 0.25) is 6.54 Å². The number of benzene rings is 2. The molecule has 23 nitrogen and oxygen atoms in total. The molecule has 0 saturated carbocycles. The van der Waals surface area contributed by atoms with Gasteiger partial charge in [-0.15, -0.1) is 9.24 Å². The minimum Gasteiger partial charge on any atom is -0.387 e. The van der Waals surface area contributed by atoms with Gasteiger partial charge >= 0.3 is 11.4 Å². The van der Waals surface area contributed by atoms with Gasteiger partial charge in [-0.05, 0) is 64.1 Å². The van der Waals surface area contributed by atoms with E-state index in [-0.39, 0.29) is 48.7 Å². The number of anilines is 2. The molecular weight excluding hydrogens is 1030 g/mol. The molecular formula is C52H74N10O13P2. The van der Waals surface area contributed by atoms with Crippen molar-refractivity contribution in [3.8, 4) is 0 Å². The van der Waals surface area contributed by atoms with Crippen molar-refractivity contribution in [1.29, 1.82) is 0 Å². The molecule has 77 heavy (non-hydrogen) atoms. The maximum atomic E-state index is 13.3. The number of rotatable bonds is 20. The Balaban J connectivity index is 0.000000255. The molecule has 6 heterocycles. The van der Waals surface area contributed by atoms with Gasteiger partial charge in [0.05, 0.1) is 26.4 Å². The Morgan fingerprint density at radius 3 is 1.60 bits per heavy atom. The number of nitrogens with zero attached hydrogens (tertiary/aromatic N) is 8. The number of hydrogen-bond acceptors (Lipinski definition) is 18. The van der Waals surface area contributed by atoms with Crippen molar-refractivity contribution in [2.75, 3.05) is 110 Å². The second-order valence-corrected chi connectivity index (χ2v) is 20.0. The molecule has 25 heteroatoms. The highest BCUT2D eigenvalue weighted by Gasteiger charge is 2.50. The summed E-state index contributed by atoms with van der Waals surface area (Å²) in [5, 5.41) is 16.0. The molecule has 2 amide bonds. The van der Waals surface area contributed by atoms with Gasteiger partial charge in [0.25, 0.3) is 20.3 Å². The fraction of sp³-hybridized carbons (Fsp3) is 0.558. The monoisotopic (exact) mass is 1110 g/mol. The number of hydrogen-bond donors (Lipinski definition) is 3. The van der Waals surface area contributed by atoms with Gasteiger partial charge < -0.3 is 58.1 Å². The highest BCUT2D eigenvalue weighted by atomic mass is 31.2. The lowest BCUT2D eigenvalue weighted by atomic mass is 10.1. The first kappa shape index (κ1) is 61.2. The minimum atomic E-state index is -1.60. The fourth-order valence-electron chi connectivity index (χ4n) is 9.18. The van der Waals surface area contributed by atoms with E-state index in [9.17, 15) is 24.3 Å². The van der Waals surface area contributed by atoms with E-state index >= 15 is 0 Å². The number of nitrogens with one attached hydrogen (secondary N) is 2. The van der Waals surface area contributed by atoms with Crippen LogP contribution in [0, 0.1) is 6.57 Å². The second-order valence-electron chi connectivity index (χ2n) is 18.6. The number of amides is 2. The smallest absolute Gasteiger partial charge is 0.351 e. The van der Waals surface area contributed by atoms with Crippen LogP contribution < -0.4 is 22.0 Å². The van der Waals surface area contributed by atoms with E-state index in [1.165, 1.54) is 28.5 Å². The number of carbonyl (C=O) groups is 2. The molecule has 4 aliphatic rings. The zero-order valence-electron chi connectivity index (χ0n) is 44.8. The Bertz CT molecular complexity index is 2600. The van der Waals surface area contributed by atoms with Crippen molar-refractivity contribution in [3.63, 3.8) is 0 Å². The molecule has 0 aliphatic carbocycles. The predicted octanol–water partition coefficient (Wildman–Crippen LogP) is 4.00. The van der Waals surface area contributed by atoms with Gasteiger partial charge in [-0.25, -0.2) is 20.8 Å². The van der Waals surface area contributed by atoms with Crippen LogP contribution >= 0.6 is 17.8 Å². The number of ether oxygens (including phenoxy) is 6.